The molecule has 0 heterocycles. The normalized spacial score (nSPS) is 11.2. The van der Waals surface area contributed by atoms with Crippen LogP contribution in [-0.4, -0.2) is 27.6 Å². The SMILES string of the molecule is CCc1cccc(C)c1NC(=O)c1ccc(C)c(N(C)S(C)(=O)=O)c1. The minimum absolute atomic E-state index is 0.257. The van der Waals surface area contributed by atoms with Crippen molar-refractivity contribution in [3.8, 4) is 0 Å². The van der Waals surface area contributed by atoms with Crippen LogP contribution in [0.5, 0.6) is 0 Å². The molecule has 0 saturated heterocycles. The van der Waals surface area contributed by atoms with Crippen LogP contribution in [0.15, 0.2) is 36.4 Å². The van der Waals surface area contributed by atoms with Gasteiger partial charge in [0.2, 0.25) is 10.0 Å². The summed E-state index contributed by atoms with van der Waals surface area (Å²) in [6, 6.07) is 11.0. The zero-order chi connectivity index (χ0) is 18.8. The summed E-state index contributed by atoms with van der Waals surface area (Å²) in [5.41, 5.74) is 4.57. The van der Waals surface area contributed by atoms with Gasteiger partial charge in [-0.2, -0.15) is 0 Å². The Balaban J connectivity index is 2.39. The first kappa shape index (κ1) is 19.0. The van der Waals surface area contributed by atoms with Gasteiger partial charge in [-0.1, -0.05) is 31.2 Å². The molecule has 0 atom stereocenters. The molecule has 0 aromatic heterocycles. The van der Waals surface area contributed by atoms with Crippen LogP contribution in [0, 0.1) is 13.8 Å². The molecular weight excluding hydrogens is 336 g/mol. The summed E-state index contributed by atoms with van der Waals surface area (Å²) in [5, 5.41) is 2.96. The molecule has 25 heavy (non-hydrogen) atoms. The third-order valence-corrected chi connectivity index (χ3v) is 5.48. The number of sulfonamides is 1. The minimum atomic E-state index is -3.40. The van der Waals surface area contributed by atoms with E-state index < -0.39 is 10.0 Å². The van der Waals surface area contributed by atoms with Gasteiger partial charge in [0.15, 0.2) is 0 Å². The largest absolute Gasteiger partial charge is 0.321 e. The Bertz CT molecular complexity index is 905. The molecule has 0 unspecified atom stereocenters. The number of carbonyl (C=O) groups excluding carboxylic acids is 1. The van der Waals surface area contributed by atoms with Crippen LogP contribution in [-0.2, 0) is 16.4 Å². The molecule has 5 nitrogen and oxygen atoms in total. The number of hydrogen-bond acceptors (Lipinski definition) is 3. The lowest BCUT2D eigenvalue weighted by Crippen LogP contribution is -2.26. The minimum Gasteiger partial charge on any atom is -0.321 e. The van der Waals surface area contributed by atoms with Crippen LogP contribution >= 0.6 is 0 Å². The second-order valence-corrected chi connectivity index (χ2v) is 8.16. The maximum atomic E-state index is 12.7. The topological polar surface area (TPSA) is 66.5 Å². The quantitative estimate of drug-likeness (QED) is 0.887. The smallest absolute Gasteiger partial charge is 0.255 e. The Morgan fingerprint density at radius 2 is 1.80 bits per heavy atom. The maximum absolute atomic E-state index is 12.7. The number of hydrogen-bond donors (Lipinski definition) is 1. The van der Waals surface area contributed by atoms with E-state index in [1.165, 1.54) is 11.4 Å². The molecule has 0 bridgehead atoms. The third-order valence-electron chi connectivity index (χ3n) is 4.29. The van der Waals surface area contributed by atoms with Gasteiger partial charge < -0.3 is 5.32 Å². The van der Waals surface area contributed by atoms with Crippen molar-refractivity contribution in [1.82, 2.24) is 0 Å². The first-order valence-electron chi connectivity index (χ1n) is 8.09. The van der Waals surface area contributed by atoms with E-state index >= 15 is 0 Å². The molecular formula is C19H24N2O3S. The molecule has 2 aromatic carbocycles. The molecule has 0 radical (unpaired) electrons. The first-order chi connectivity index (χ1) is 11.6. The van der Waals surface area contributed by atoms with Crippen LogP contribution in [0.4, 0.5) is 11.4 Å². The molecule has 0 aliphatic carbocycles. The number of nitrogens with zero attached hydrogens (tertiary/aromatic N) is 1. The average molecular weight is 360 g/mol. The lowest BCUT2D eigenvalue weighted by atomic mass is 10.0. The Labute approximate surface area is 149 Å². The molecule has 0 spiro atoms. The van der Waals surface area contributed by atoms with Gasteiger partial charge in [0.05, 0.1) is 11.9 Å². The molecule has 0 fully saturated rings. The highest BCUT2D eigenvalue weighted by Crippen LogP contribution is 2.25. The number of anilines is 2. The summed E-state index contributed by atoms with van der Waals surface area (Å²) < 4.78 is 24.8. The number of carbonyl (C=O) groups is 1. The van der Waals surface area contributed by atoms with E-state index in [9.17, 15) is 13.2 Å². The summed E-state index contributed by atoms with van der Waals surface area (Å²) in [7, 11) is -1.91. The third kappa shape index (κ3) is 4.20. The summed E-state index contributed by atoms with van der Waals surface area (Å²) >= 11 is 0. The molecule has 1 N–H and O–H groups in total. The van der Waals surface area contributed by atoms with Crippen molar-refractivity contribution < 1.29 is 13.2 Å². The average Bonchev–Trinajstić information content (AvgIpc) is 2.55. The van der Waals surface area contributed by atoms with Crippen LogP contribution in [0.25, 0.3) is 0 Å². The van der Waals surface area contributed by atoms with Gasteiger partial charge in [-0.15, -0.1) is 0 Å². The van der Waals surface area contributed by atoms with Crippen molar-refractivity contribution in [2.75, 3.05) is 22.9 Å². The predicted octanol–water partition coefficient (Wildman–Crippen LogP) is 3.51. The van der Waals surface area contributed by atoms with Gasteiger partial charge in [0.25, 0.3) is 5.91 Å². The van der Waals surface area contributed by atoms with Gasteiger partial charge in [0, 0.05) is 18.3 Å². The van der Waals surface area contributed by atoms with Crippen molar-refractivity contribution in [3.05, 3.63) is 58.7 Å². The number of para-hydroxylation sites is 1. The van der Waals surface area contributed by atoms with Gasteiger partial charge in [-0.25, -0.2) is 8.42 Å². The standard InChI is InChI=1S/C19H24N2O3S/c1-6-15-9-7-8-14(3)18(15)20-19(22)16-11-10-13(2)17(12-16)21(4)25(5,23)24/h7-12H,6H2,1-5H3,(H,20,22). The maximum Gasteiger partial charge on any atom is 0.255 e. The highest BCUT2D eigenvalue weighted by molar-refractivity contribution is 7.92. The molecule has 0 aliphatic heterocycles. The van der Waals surface area contributed by atoms with Crippen LogP contribution in [0.3, 0.4) is 0 Å². The fraction of sp³-hybridized carbons (Fsp3) is 0.316. The Hall–Kier alpha value is -2.34. The number of rotatable bonds is 5. The lowest BCUT2D eigenvalue weighted by Gasteiger charge is -2.20. The zero-order valence-corrected chi connectivity index (χ0v) is 16.1. The van der Waals surface area contributed by atoms with Gasteiger partial charge in [-0.3, -0.25) is 9.10 Å². The first-order valence-corrected chi connectivity index (χ1v) is 9.94. The van der Waals surface area contributed by atoms with Crippen molar-refractivity contribution in [3.63, 3.8) is 0 Å². The zero-order valence-electron chi connectivity index (χ0n) is 15.3. The summed E-state index contributed by atoms with van der Waals surface area (Å²) in [5.74, 6) is -0.257. The molecule has 0 aliphatic rings. The lowest BCUT2D eigenvalue weighted by molar-refractivity contribution is 0.102. The van der Waals surface area contributed by atoms with E-state index in [1.54, 1.807) is 18.2 Å². The number of amides is 1. The molecule has 6 heteroatoms. The number of benzene rings is 2. The summed E-state index contributed by atoms with van der Waals surface area (Å²) in [6.07, 6.45) is 1.95. The van der Waals surface area contributed by atoms with E-state index in [4.69, 9.17) is 0 Å². The molecule has 2 rings (SSSR count). The number of nitrogens with one attached hydrogen (secondary N) is 1. The van der Waals surface area contributed by atoms with Crippen molar-refractivity contribution in [1.29, 1.82) is 0 Å². The highest BCUT2D eigenvalue weighted by atomic mass is 32.2. The van der Waals surface area contributed by atoms with E-state index in [-0.39, 0.29) is 5.91 Å². The van der Waals surface area contributed by atoms with Gasteiger partial charge >= 0.3 is 0 Å². The fourth-order valence-corrected chi connectivity index (χ4v) is 3.21. The fourth-order valence-electron chi connectivity index (χ4n) is 2.66. The molecule has 2 aromatic rings. The van der Waals surface area contributed by atoms with Crippen molar-refractivity contribution >= 4 is 27.3 Å². The monoisotopic (exact) mass is 360 g/mol. The molecule has 0 saturated carbocycles. The van der Waals surface area contributed by atoms with E-state index in [0.29, 0.717) is 11.3 Å². The summed E-state index contributed by atoms with van der Waals surface area (Å²) in [4.78, 5) is 12.7. The van der Waals surface area contributed by atoms with Crippen LogP contribution in [0.1, 0.15) is 34.0 Å². The van der Waals surface area contributed by atoms with Crippen LogP contribution < -0.4 is 9.62 Å². The Kier molecular flexibility index (Phi) is 5.52. The van der Waals surface area contributed by atoms with Crippen molar-refractivity contribution in [2.45, 2.75) is 27.2 Å². The Morgan fingerprint density at radius 3 is 2.40 bits per heavy atom. The summed E-state index contributed by atoms with van der Waals surface area (Å²) in [6.45, 7) is 5.80. The second-order valence-electron chi connectivity index (χ2n) is 6.15. The van der Waals surface area contributed by atoms with Gasteiger partial charge in [0.1, 0.15) is 0 Å². The second kappa shape index (κ2) is 7.27. The van der Waals surface area contributed by atoms with Crippen molar-refractivity contribution in [2.24, 2.45) is 0 Å². The number of aryl methyl sites for hydroxylation is 3. The van der Waals surface area contributed by atoms with E-state index in [1.807, 2.05) is 39.0 Å². The molecule has 134 valence electrons. The Morgan fingerprint density at radius 1 is 1.12 bits per heavy atom. The van der Waals surface area contributed by atoms with E-state index in [0.717, 1.165) is 35.1 Å². The highest BCUT2D eigenvalue weighted by Gasteiger charge is 2.17. The molecule has 1 amide bonds. The predicted molar refractivity (Wildman–Crippen MR) is 103 cm³/mol. The van der Waals surface area contributed by atoms with Crippen LogP contribution in [0.2, 0.25) is 0 Å². The van der Waals surface area contributed by atoms with Gasteiger partial charge in [-0.05, 0) is 49.1 Å². The van der Waals surface area contributed by atoms with E-state index in [2.05, 4.69) is 5.32 Å².